The molecule has 0 saturated carbocycles. The topological polar surface area (TPSA) is 92.5 Å². The van der Waals surface area contributed by atoms with E-state index in [2.05, 4.69) is 0 Å². The summed E-state index contributed by atoms with van der Waals surface area (Å²) >= 11 is 0. The Morgan fingerprint density at radius 2 is 2.06 bits per heavy atom. The second kappa shape index (κ2) is 4.90. The lowest BCUT2D eigenvalue weighted by Crippen LogP contribution is -2.22. The lowest BCUT2D eigenvalue weighted by molar-refractivity contribution is -0.384. The zero-order chi connectivity index (χ0) is 13.9. The van der Waals surface area contributed by atoms with Crippen LogP contribution in [0.1, 0.15) is 10.4 Å². The number of nitrogens with zero attached hydrogens (tertiary/aromatic N) is 1. The molecule has 0 bridgehead atoms. The van der Waals surface area contributed by atoms with Crippen LogP contribution in [0.15, 0.2) is 18.2 Å². The minimum absolute atomic E-state index is 0.450. The molecule has 0 unspecified atom stereocenters. The van der Waals surface area contributed by atoms with Crippen molar-refractivity contribution in [3.63, 3.8) is 0 Å². The van der Waals surface area contributed by atoms with Gasteiger partial charge in [-0.05, 0) is 6.07 Å². The standard InChI is InChI=1S/C9H7F3N2O4/c10-9(11,12)4-13-7-3-5(14(17)18)1-2-6(7)8(15)16/h1-3,13H,4H2,(H,15,16). The molecule has 18 heavy (non-hydrogen) atoms. The van der Waals surface area contributed by atoms with Crippen molar-refractivity contribution < 1.29 is 28.0 Å². The number of benzene rings is 1. The molecule has 0 atom stereocenters. The Labute approximate surface area is 98.2 Å². The molecule has 2 N–H and O–H groups in total. The molecule has 1 aromatic carbocycles. The predicted molar refractivity (Wildman–Crippen MR) is 54.6 cm³/mol. The summed E-state index contributed by atoms with van der Waals surface area (Å²) < 4.78 is 36.0. The van der Waals surface area contributed by atoms with Gasteiger partial charge in [0.15, 0.2) is 0 Å². The van der Waals surface area contributed by atoms with Gasteiger partial charge in [-0.2, -0.15) is 13.2 Å². The first kappa shape index (κ1) is 13.7. The molecule has 0 amide bonds. The predicted octanol–water partition coefficient (Wildman–Crippen LogP) is 2.27. The molecule has 0 saturated heterocycles. The molecule has 0 fully saturated rings. The van der Waals surface area contributed by atoms with Crippen molar-refractivity contribution >= 4 is 17.3 Å². The highest BCUT2D eigenvalue weighted by Crippen LogP contribution is 2.24. The number of rotatable bonds is 4. The van der Waals surface area contributed by atoms with E-state index in [0.29, 0.717) is 0 Å². The minimum Gasteiger partial charge on any atom is -0.478 e. The maximum Gasteiger partial charge on any atom is 0.405 e. The highest BCUT2D eigenvalue weighted by atomic mass is 19.4. The third-order valence-corrected chi connectivity index (χ3v) is 1.92. The number of carbonyl (C=O) groups is 1. The van der Waals surface area contributed by atoms with Crippen LogP contribution in [0.2, 0.25) is 0 Å². The molecule has 1 rings (SSSR count). The van der Waals surface area contributed by atoms with Crippen molar-refractivity contribution in [1.29, 1.82) is 0 Å². The van der Waals surface area contributed by atoms with E-state index in [0.717, 1.165) is 18.2 Å². The molecule has 0 heterocycles. The summed E-state index contributed by atoms with van der Waals surface area (Å²) in [7, 11) is 0. The van der Waals surface area contributed by atoms with Gasteiger partial charge in [-0.3, -0.25) is 10.1 Å². The fourth-order valence-corrected chi connectivity index (χ4v) is 1.17. The van der Waals surface area contributed by atoms with Gasteiger partial charge in [-0.25, -0.2) is 4.79 Å². The number of hydrogen-bond acceptors (Lipinski definition) is 4. The molecular weight excluding hydrogens is 257 g/mol. The first-order valence-corrected chi connectivity index (χ1v) is 4.53. The van der Waals surface area contributed by atoms with Crippen LogP contribution in [0.4, 0.5) is 24.5 Å². The molecule has 0 radical (unpaired) electrons. The number of nitro groups is 1. The summed E-state index contributed by atoms with van der Waals surface area (Å²) in [6.07, 6.45) is -4.56. The van der Waals surface area contributed by atoms with Crippen molar-refractivity contribution in [2.45, 2.75) is 6.18 Å². The molecular formula is C9H7F3N2O4. The number of alkyl halides is 3. The van der Waals surface area contributed by atoms with Crippen LogP contribution in [-0.4, -0.2) is 28.7 Å². The van der Waals surface area contributed by atoms with Gasteiger partial charge in [-0.15, -0.1) is 0 Å². The van der Waals surface area contributed by atoms with Crippen molar-refractivity contribution in [2.75, 3.05) is 11.9 Å². The molecule has 98 valence electrons. The number of carboxylic acid groups (broad SMARTS) is 1. The number of anilines is 1. The monoisotopic (exact) mass is 264 g/mol. The lowest BCUT2D eigenvalue weighted by atomic mass is 10.1. The Hall–Kier alpha value is -2.32. The fourth-order valence-electron chi connectivity index (χ4n) is 1.17. The van der Waals surface area contributed by atoms with Gasteiger partial charge in [0, 0.05) is 12.1 Å². The van der Waals surface area contributed by atoms with Crippen molar-refractivity contribution in [3.8, 4) is 0 Å². The quantitative estimate of drug-likeness (QED) is 0.642. The Morgan fingerprint density at radius 1 is 1.44 bits per heavy atom. The van der Waals surface area contributed by atoms with Crippen LogP contribution in [0.3, 0.4) is 0 Å². The Kier molecular flexibility index (Phi) is 3.74. The fraction of sp³-hybridized carbons (Fsp3) is 0.222. The van der Waals surface area contributed by atoms with Crippen molar-refractivity contribution in [2.24, 2.45) is 0 Å². The van der Waals surface area contributed by atoms with E-state index in [9.17, 15) is 28.1 Å². The van der Waals surface area contributed by atoms with E-state index < -0.39 is 40.6 Å². The Balaban J connectivity index is 3.08. The van der Waals surface area contributed by atoms with Crippen molar-refractivity contribution in [1.82, 2.24) is 0 Å². The van der Waals surface area contributed by atoms with Crippen LogP contribution < -0.4 is 5.32 Å². The summed E-state index contributed by atoms with van der Waals surface area (Å²) in [6.45, 7) is -1.48. The molecule has 0 aliphatic carbocycles. The largest absolute Gasteiger partial charge is 0.478 e. The van der Waals surface area contributed by atoms with Crippen LogP contribution in [0, 0.1) is 10.1 Å². The Bertz CT molecular complexity index is 487. The molecule has 6 nitrogen and oxygen atoms in total. The van der Waals surface area contributed by atoms with E-state index in [4.69, 9.17) is 5.11 Å². The number of hydrogen-bond donors (Lipinski definition) is 2. The third kappa shape index (κ3) is 3.61. The van der Waals surface area contributed by atoms with Crippen molar-refractivity contribution in [3.05, 3.63) is 33.9 Å². The normalized spacial score (nSPS) is 11.1. The second-order valence-corrected chi connectivity index (χ2v) is 3.26. The number of nitro benzene ring substituents is 1. The van der Waals surface area contributed by atoms with Crippen LogP contribution in [-0.2, 0) is 0 Å². The maximum absolute atomic E-state index is 12.0. The summed E-state index contributed by atoms with van der Waals surface area (Å²) in [5, 5.41) is 21.0. The number of aromatic carboxylic acids is 1. The smallest absolute Gasteiger partial charge is 0.405 e. The third-order valence-electron chi connectivity index (χ3n) is 1.92. The molecule has 1 aromatic rings. The number of non-ortho nitro benzene ring substituents is 1. The van der Waals surface area contributed by atoms with Gasteiger partial charge in [0.25, 0.3) is 5.69 Å². The summed E-state index contributed by atoms with van der Waals surface area (Å²) in [6, 6.07) is 2.52. The zero-order valence-corrected chi connectivity index (χ0v) is 8.69. The highest BCUT2D eigenvalue weighted by molar-refractivity contribution is 5.94. The second-order valence-electron chi connectivity index (χ2n) is 3.26. The average molecular weight is 264 g/mol. The van der Waals surface area contributed by atoms with E-state index in [1.54, 1.807) is 0 Å². The molecule has 0 aliphatic rings. The molecule has 0 aliphatic heterocycles. The van der Waals surface area contributed by atoms with E-state index in [-0.39, 0.29) is 0 Å². The minimum atomic E-state index is -4.56. The number of nitrogens with one attached hydrogen (secondary N) is 1. The molecule has 0 aromatic heterocycles. The SMILES string of the molecule is O=C(O)c1ccc([N+](=O)[O-])cc1NCC(F)(F)F. The van der Waals surface area contributed by atoms with E-state index in [1.165, 1.54) is 0 Å². The van der Waals surface area contributed by atoms with Gasteiger partial charge in [0.05, 0.1) is 16.2 Å². The maximum atomic E-state index is 12.0. The average Bonchev–Trinajstić information content (AvgIpc) is 2.24. The van der Waals surface area contributed by atoms with Gasteiger partial charge in [-0.1, -0.05) is 0 Å². The van der Waals surface area contributed by atoms with Gasteiger partial charge < -0.3 is 10.4 Å². The number of halogens is 3. The van der Waals surface area contributed by atoms with Gasteiger partial charge in [0.1, 0.15) is 6.54 Å². The van der Waals surface area contributed by atoms with Crippen LogP contribution in [0.25, 0.3) is 0 Å². The zero-order valence-electron chi connectivity index (χ0n) is 8.69. The summed E-state index contributed by atoms with van der Waals surface area (Å²) in [5.41, 5.74) is -1.41. The number of carboxylic acids is 1. The first-order valence-electron chi connectivity index (χ1n) is 4.53. The van der Waals surface area contributed by atoms with E-state index in [1.807, 2.05) is 5.32 Å². The van der Waals surface area contributed by atoms with Gasteiger partial charge in [0.2, 0.25) is 0 Å². The van der Waals surface area contributed by atoms with Crippen LogP contribution >= 0.6 is 0 Å². The Morgan fingerprint density at radius 3 is 2.50 bits per heavy atom. The lowest BCUT2D eigenvalue weighted by Gasteiger charge is -2.11. The summed E-state index contributed by atoms with van der Waals surface area (Å²) in [4.78, 5) is 20.4. The van der Waals surface area contributed by atoms with Crippen LogP contribution in [0.5, 0.6) is 0 Å². The highest BCUT2D eigenvalue weighted by Gasteiger charge is 2.28. The first-order chi connectivity index (χ1) is 8.20. The molecule has 0 spiro atoms. The molecule has 9 heteroatoms. The van der Waals surface area contributed by atoms with E-state index >= 15 is 0 Å². The summed E-state index contributed by atoms with van der Waals surface area (Å²) in [5.74, 6) is -1.48. The van der Waals surface area contributed by atoms with Gasteiger partial charge >= 0.3 is 12.1 Å².